The predicted molar refractivity (Wildman–Crippen MR) is 119 cm³/mol. The molecule has 0 amide bonds. The summed E-state index contributed by atoms with van der Waals surface area (Å²) >= 11 is 1.45. The SMILES string of the molecule is CCCOC(=O)CCSC(CC(=O)O)c1cc(C(C)(C)C)c(O)c(C(C)(C)C)c1. The van der Waals surface area contributed by atoms with E-state index in [0.29, 0.717) is 12.4 Å². The van der Waals surface area contributed by atoms with E-state index in [2.05, 4.69) is 0 Å². The number of carbonyl (C=O) groups is 2. The molecule has 29 heavy (non-hydrogen) atoms. The number of thioether (sulfide) groups is 1. The maximum Gasteiger partial charge on any atom is 0.306 e. The fourth-order valence-corrected chi connectivity index (χ4v) is 4.15. The number of aliphatic carboxylic acids is 1. The third-order valence-corrected chi connectivity index (χ3v) is 5.85. The Balaban J connectivity index is 3.24. The lowest BCUT2D eigenvalue weighted by molar-refractivity contribution is -0.143. The Labute approximate surface area is 179 Å². The number of hydrogen-bond donors (Lipinski definition) is 2. The monoisotopic (exact) mass is 424 g/mol. The molecule has 6 heteroatoms. The number of aromatic hydroxyl groups is 1. The summed E-state index contributed by atoms with van der Waals surface area (Å²) in [4.78, 5) is 23.3. The summed E-state index contributed by atoms with van der Waals surface area (Å²) < 4.78 is 5.10. The number of carboxylic acids is 1. The lowest BCUT2D eigenvalue weighted by Gasteiger charge is -2.29. The first-order chi connectivity index (χ1) is 13.3. The molecule has 0 aliphatic heterocycles. The molecule has 0 fully saturated rings. The van der Waals surface area contributed by atoms with Crippen LogP contribution in [0.5, 0.6) is 5.75 Å². The normalized spacial score (nSPS) is 13.2. The Kier molecular flexibility index (Phi) is 9.07. The number of esters is 1. The minimum atomic E-state index is -0.890. The van der Waals surface area contributed by atoms with Gasteiger partial charge in [-0.3, -0.25) is 9.59 Å². The molecule has 1 atom stereocenters. The molecule has 1 aromatic carbocycles. The lowest BCUT2D eigenvalue weighted by atomic mass is 9.78. The zero-order valence-corrected chi connectivity index (χ0v) is 19.6. The third kappa shape index (κ3) is 7.92. The van der Waals surface area contributed by atoms with E-state index in [-0.39, 0.29) is 40.6 Å². The van der Waals surface area contributed by atoms with Gasteiger partial charge in [0.2, 0.25) is 0 Å². The van der Waals surface area contributed by atoms with Gasteiger partial charge in [0.15, 0.2) is 0 Å². The molecule has 0 bridgehead atoms. The first-order valence-electron chi connectivity index (χ1n) is 10.1. The molecule has 1 unspecified atom stereocenters. The molecule has 164 valence electrons. The van der Waals surface area contributed by atoms with Crippen molar-refractivity contribution in [1.29, 1.82) is 0 Å². The molecule has 5 nitrogen and oxygen atoms in total. The van der Waals surface area contributed by atoms with Gasteiger partial charge < -0.3 is 14.9 Å². The molecule has 0 spiro atoms. The standard InChI is InChI=1S/C23H36O5S/c1-8-10-28-20(26)9-11-29-18(14-19(24)25)15-12-16(22(2,3)4)21(27)17(13-15)23(5,6)7/h12-13,18,27H,8-11,14H2,1-7H3,(H,24,25). The number of carbonyl (C=O) groups excluding carboxylic acids is 1. The van der Waals surface area contributed by atoms with E-state index in [1.54, 1.807) is 0 Å². The van der Waals surface area contributed by atoms with Crippen LogP contribution in [0.25, 0.3) is 0 Å². The first-order valence-corrected chi connectivity index (χ1v) is 11.2. The van der Waals surface area contributed by atoms with Gasteiger partial charge in [0.1, 0.15) is 5.75 Å². The maximum absolute atomic E-state index is 11.8. The summed E-state index contributed by atoms with van der Waals surface area (Å²) in [6.07, 6.45) is 0.975. The Hall–Kier alpha value is -1.69. The summed E-state index contributed by atoms with van der Waals surface area (Å²) in [6.45, 7) is 14.5. The van der Waals surface area contributed by atoms with Crippen LogP contribution in [0.2, 0.25) is 0 Å². The number of ether oxygens (including phenoxy) is 1. The molecule has 0 saturated heterocycles. The van der Waals surface area contributed by atoms with Crippen molar-refractivity contribution in [2.75, 3.05) is 12.4 Å². The van der Waals surface area contributed by atoms with E-state index < -0.39 is 5.97 Å². The van der Waals surface area contributed by atoms with Crippen LogP contribution in [-0.4, -0.2) is 34.5 Å². The smallest absolute Gasteiger partial charge is 0.306 e. The van der Waals surface area contributed by atoms with Crippen LogP contribution in [0.15, 0.2) is 12.1 Å². The van der Waals surface area contributed by atoms with E-state index in [9.17, 15) is 19.8 Å². The van der Waals surface area contributed by atoms with Crippen LogP contribution in [0.1, 0.15) is 89.7 Å². The van der Waals surface area contributed by atoms with E-state index >= 15 is 0 Å². The maximum atomic E-state index is 11.8. The summed E-state index contributed by atoms with van der Waals surface area (Å²) in [7, 11) is 0. The molecule has 0 aromatic heterocycles. The molecule has 1 rings (SSSR count). The van der Waals surface area contributed by atoms with Crippen LogP contribution in [0.4, 0.5) is 0 Å². The topological polar surface area (TPSA) is 83.8 Å². The molecule has 0 aliphatic carbocycles. The zero-order chi connectivity index (χ0) is 22.4. The van der Waals surface area contributed by atoms with Gasteiger partial charge >= 0.3 is 11.9 Å². The minimum Gasteiger partial charge on any atom is -0.507 e. The van der Waals surface area contributed by atoms with Crippen molar-refractivity contribution in [2.45, 2.75) is 83.8 Å². The van der Waals surface area contributed by atoms with Crippen molar-refractivity contribution in [2.24, 2.45) is 0 Å². The molecular formula is C23H36O5S. The van der Waals surface area contributed by atoms with Crippen LogP contribution in [-0.2, 0) is 25.2 Å². The number of hydrogen-bond acceptors (Lipinski definition) is 5. The van der Waals surface area contributed by atoms with Crippen molar-refractivity contribution in [3.63, 3.8) is 0 Å². The van der Waals surface area contributed by atoms with Crippen molar-refractivity contribution < 1.29 is 24.5 Å². The summed E-state index contributed by atoms with van der Waals surface area (Å²) in [6, 6.07) is 3.83. The van der Waals surface area contributed by atoms with E-state index in [1.165, 1.54) is 11.8 Å². The molecule has 2 N–H and O–H groups in total. The van der Waals surface area contributed by atoms with Crippen molar-refractivity contribution in [3.05, 3.63) is 28.8 Å². The van der Waals surface area contributed by atoms with Gasteiger partial charge in [-0.2, -0.15) is 11.8 Å². The van der Waals surface area contributed by atoms with E-state index in [1.807, 2.05) is 60.6 Å². The lowest BCUT2D eigenvalue weighted by Crippen LogP contribution is -2.19. The number of carboxylic acid groups (broad SMARTS) is 1. The Morgan fingerprint density at radius 3 is 2.00 bits per heavy atom. The molecule has 1 aromatic rings. The van der Waals surface area contributed by atoms with Crippen molar-refractivity contribution in [1.82, 2.24) is 0 Å². The zero-order valence-electron chi connectivity index (χ0n) is 18.8. The van der Waals surface area contributed by atoms with E-state index in [0.717, 1.165) is 23.1 Å². The molecule has 0 radical (unpaired) electrons. The fourth-order valence-electron chi connectivity index (χ4n) is 2.99. The number of phenolic OH excluding ortho intramolecular Hbond substituents is 1. The van der Waals surface area contributed by atoms with Crippen molar-refractivity contribution in [3.8, 4) is 5.75 Å². The predicted octanol–water partition coefficient (Wildman–Crippen LogP) is 5.58. The second-order valence-corrected chi connectivity index (χ2v) is 10.7. The summed E-state index contributed by atoms with van der Waals surface area (Å²) in [5.74, 6) is -0.392. The Bertz CT molecular complexity index is 678. The van der Waals surface area contributed by atoms with Crippen LogP contribution in [0.3, 0.4) is 0 Å². The molecular weight excluding hydrogens is 388 g/mol. The number of phenols is 1. The highest BCUT2D eigenvalue weighted by Gasteiger charge is 2.29. The van der Waals surface area contributed by atoms with Gasteiger partial charge in [0, 0.05) is 11.0 Å². The van der Waals surface area contributed by atoms with Crippen molar-refractivity contribution >= 4 is 23.7 Å². The summed E-state index contributed by atoms with van der Waals surface area (Å²) in [5, 5.41) is 20.0. The Morgan fingerprint density at radius 2 is 1.59 bits per heavy atom. The number of rotatable bonds is 9. The highest BCUT2D eigenvalue weighted by atomic mass is 32.2. The van der Waals surface area contributed by atoms with Gasteiger partial charge in [-0.05, 0) is 33.9 Å². The first kappa shape index (κ1) is 25.3. The van der Waals surface area contributed by atoms with Gasteiger partial charge in [0.25, 0.3) is 0 Å². The number of benzene rings is 1. The van der Waals surface area contributed by atoms with Crippen LogP contribution in [0, 0.1) is 0 Å². The second kappa shape index (κ2) is 10.4. The average molecular weight is 425 g/mol. The van der Waals surface area contributed by atoms with Gasteiger partial charge in [-0.15, -0.1) is 0 Å². The van der Waals surface area contributed by atoms with Crippen LogP contribution < -0.4 is 0 Å². The molecule has 0 aliphatic rings. The summed E-state index contributed by atoms with van der Waals surface area (Å²) in [5.41, 5.74) is 1.90. The Morgan fingerprint density at radius 1 is 1.07 bits per heavy atom. The van der Waals surface area contributed by atoms with Gasteiger partial charge in [0.05, 0.1) is 19.4 Å². The highest BCUT2D eigenvalue weighted by molar-refractivity contribution is 7.99. The fraction of sp³-hybridized carbons (Fsp3) is 0.652. The highest BCUT2D eigenvalue weighted by Crippen LogP contribution is 2.43. The van der Waals surface area contributed by atoms with Gasteiger partial charge in [-0.25, -0.2) is 0 Å². The van der Waals surface area contributed by atoms with E-state index in [4.69, 9.17) is 4.74 Å². The quantitative estimate of drug-likeness (QED) is 0.504. The van der Waals surface area contributed by atoms with Crippen LogP contribution >= 0.6 is 11.8 Å². The van der Waals surface area contributed by atoms with Gasteiger partial charge in [-0.1, -0.05) is 60.6 Å². The third-order valence-electron chi connectivity index (χ3n) is 4.57. The minimum absolute atomic E-state index is 0.0490. The average Bonchev–Trinajstić information content (AvgIpc) is 2.56. The molecule has 0 heterocycles. The molecule has 0 saturated carbocycles. The largest absolute Gasteiger partial charge is 0.507 e. The second-order valence-electron chi connectivity index (χ2n) is 9.39.